The molecule has 0 radical (unpaired) electrons. The van der Waals surface area contributed by atoms with E-state index >= 15 is 0 Å². The Morgan fingerprint density at radius 2 is 2.10 bits per heavy atom. The lowest BCUT2D eigenvalue weighted by molar-refractivity contribution is 0.0923. The van der Waals surface area contributed by atoms with Crippen molar-refractivity contribution in [2.24, 2.45) is 5.84 Å². The van der Waals surface area contributed by atoms with Crippen molar-refractivity contribution in [1.29, 1.82) is 0 Å². The smallest absolute Gasteiger partial charge is 0.301 e. The van der Waals surface area contributed by atoms with Crippen LogP contribution in [0.3, 0.4) is 0 Å². The molecule has 5 nitrogen and oxygen atoms in total. The number of amides is 1. The van der Waals surface area contributed by atoms with Crippen LogP contribution in [0.2, 0.25) is 0 Å². The fourth-order valence-corrected chi connectivity index (χ4v) is 2.87. The van der Waals surface area contributed by atoms with Crippen LogP contribution in [-0.4, -0.2) is 17.4 Å². The molecule has 5 heteroatoms. The molecule has 1 aromatic heterocycles. The van der Waals surface area contributed by atoms with Gasteiger partial charge in [-0.25, -0.2) is 5.84 Å². The number of carbonyl (C=O) groups is 1. The summed E-state index contributed by atoms with van der Waals surface area (Å²) in [6.07, 6.45) is 3.76. The molecule has 0 fully saturated rings. The Morgan fingerprint density at radius 3 is 2.90 bits per heavy atom. The van der Waals surface area contributed by atoms with Gasteiger partial charge in [-0.05, 0) is 36.6 Å². The normalized spacial score (nSPS) is 15.3. The summed E-state index contributed by atoms with van der Waals surface area (Å²) in [5.41, 5.74) is 5.78. The molecule has 0 saturated carbocycles. The fraction of sp³-hybridized carbons (Fsp3) is 0.312. The first-order chi connectivity index (χ1) is 10.3. The molecule has 0 saturated heterocycles. The lowest BCUT2D eigenvalue weighted by Gasteiger charge is -2.20. The second kappa shape index (κ2) is 6.11. The van der Waals surface area contributed by atoms with E-state index in [1.807, 2.05) is 6.07 Å². The van der Waals surface area contributed by atoms with Gasteiger partial charge in [0.05, 0.1) is 6.26 Å². The van der Waals surface area contributed by atoms with Crippen molar-refractivity contribution in [2.75, 3.05) is 6.54 Å². The third-order valence-electron chi connectivity index (χ3n) is 3.91. The number of nitrogen functional groups attached to an aromatic ring is 1. The van der Waals surface area contributed by atoms with E-state index in [-0.39, 0.29) is 5.91 Å². The molecule has 110 valence electrons. The SMILES string of the molecule is NNC(=O)c1occc1CN1CCCc2ccccc2C1. The summed E-state index contributed by atoms with van der Waals surface area (Å²) in [5.74, 6) is 5.10. The van der Waals surface area contributed by atoms with Crippen molar-refractivity contribution >= 4 is 5.91 Å². The minimum Gasteiger partial charge on any atom is -0.459 e. The van der Waals surface area contributed by atoms with Crippen LogP contribution >= 0.6 is 0 Å². The van der Waals surface area contributed by atoms with Crippen LogP contribution in [0, 0.1) is 0 Å². The number of rotatable bonds is 3. The first-order valence-corrected chi connectivity index (χ1v) is 7.14. The summed E-state index contributed by atoms with van der Waals surface area (Å²) in [6, 6.07) is 10.4. The van der Waals surface area contributed by atoms with Crippen molar-refractivity contribution in [1.82, 2.24) is 10.3 Å². The Hall–Kier alpha value is -2.11. The summed E-state index contributed by atoms with van der Waals surface area (Å²) in [7, 11) is 0. The summed E-state index contributed by atoms with van der Waals surface area (Å²) in [6.45, 7) is 2.59. The van der Waals surface area contributed by atoms with E-state index in [1.54, 1.807) is 0 Å². The Balaban J connectivity index is 1.77. The second-order valence-electron chi connectivity index (χ2n) is 5.33. The van der Waals surface area contributed by atoms with E-state index in [0.717, 1.165) is 31.5 Å². The summed E-state index contributed by atoms with van der Waals surface area (Å²) in [4.78, 5) is 14.0. The van der Waals surface area contributed by atoms with Crippen molar-refractivity contribution in [3.63, 3.8) is 0 Å². The van der Waals surface area contributed by atoms with Gasteiger partial charge in [-0.15, -0.1) is 0 Å². The maximum absolute atomic E-state index is 11.7. The predicted molar refractivity (Wildman–Crippen MR) is 79.2 cm³/mol. The number of carbonyl (C=O) groups excluding carboxylic acids is 1. The highest BCUT2D eigenvalue weighted by Gasteiger charge is 2.19. The van der Waals surface area contributed by atoms with Crippen LogP contribution in [0.15, 0.2) is 41.0 Å². The van der Waals surface area contributed by atoms with Crippen molar-refractivity contribution in [2.45, 2.75) is 25.9 Å². The molecule has 3 N–H and O–H groups in total. The first-order valence-electron chi connectivity index (χ1n) is 7.14. The summed E-state index contributed by atoms with van der Waals surface area (Å²) >= 11 is 0. The Labute approximate surface area is 123 Å². The van der Waals surface area contributed by atoms with Gasteiger partial charge in [0.25, 0.3) is 0 Å². The highest BCUT2D eigenvalue weighted by Crippen LogP contribution is 2.21. The molecule has 1 aromatic carbocycles. The van der Waals surface area contributed by atoms with Crippen LogP contribution in [0.5, 0.6) is 0 Å². The van der Waals surface area contributed by atoms with Crippen LogP contribution in [-0.2, 0) is 19.5 Å². The number of nitrogens with zero attached hydrogens (tertiary/aromatic N) is 1. The van der Waals surface area contributed by atoms with Crippen LogP contribution in [0.25, 0.3) is 0 Å². The number of aryl methyl sites for hydroxylation is 1. The third kappa shape index (κ3) is 2.99. The molecular formula is C16H19N3O2. The number of nitrogens with two attached hydrogens (primary N) is 1. The molecule has 0 bridgehead atoms. The molecule has 0 unspecified atom stereocenters. The van der Waals surface area contributed by atoms with Gasteiger partial charge in [0.1, 0.15) is 0 Å². The highest BCUT2D eigenvalue weighted by molar-refractivity contribution is 5.92. The number of benzene rings is 1. The average Bonchev–Trinajstić information content (AvgIpc) is 2.86. The van der Waals surface area contributed by atoms with Gasteiger partial charge < -0.3 is 4.42 Å². The second-order valence-corrected chi connectivity index (χ2v) is 5.33. The van der Waals surface area contributed by atoms with E-state index in [1.165, 1.54) is 17.4 Å². The third-order valence-corrected chi connectivity index (χ3v) is 3.91. The Kier molecular flexibility index (Phi) is 4.03. The monoisotopic (exact) mass is 285 g/mol. The summed E-state index contributed by atoms with van der Waals surface area (Å²) in [5, 5.41) is 0. The average molecular weight is 285 g/mol. The largest absolute Gasteiger partial charge is 0.459 e. The molecule has 2 aromatic rings. The van der Waals surface area contributed by atoms with Gasteiger partial charge in [0.2, 0.25) is 0 Å². The van der Waals surface area contributed by atoms with Gasteiger partial charge >= 0.3 is 5.91 Å². The standard InChI is InChI=1S/C16H19N3O2/c17-18-16(20)15-14(7-9-21-15)11-19-8-3-6-12-4-1-2-5-13(12)10-19/h1-2,4-5,7,9H,3,6,8,10-11,17H2,(H,18,20). The van der Waals surface area contributed by atoms with E-state index < -0.39 is 0 Å². The number of nitrogens with one attached hydrogen (secondary N) is 1. The quantitative estimate of drug-likeness (QED) is 0.513. The van der Waals surface area contributed by atoms with E-state index in [4.69, 9.17) is 10.3 Å². The zero-order valence-corrected chi connectivity index (χ0v) is 11.8. The van der Waals surface area contributed by atoms with Crippen molar-refractivity contribution in [3.8, 4) is 0 Å². The molecular weight excluding hydrogens is 266 g/mol. The topological polar surface area (TPSA) is 71.5 Å². The zero-order valence-electron chi connectivity index (χ0n) is 11.8. The van der Waals surface area contributed by atoms with Crippen molar-refractivity contribution in [3.05, 3.63) is 59.0 Å². The van der Waals surface area contributed by atoms with Gasteiger partial charge in [-0.3, -0.25) is 15.1 Å². The van der Waals surface area contributed by atoms with Crippen molar-refractivity contribution < 1.29 is 9.21 Å². The van der Waals surface area contributed by atoms with Crippen LogP contribution < -0.4 is 11.3 Å². The molecule has 1 aliphatic heterocycles. The minimum absolute atomic E-state index is 0.301. The Bertz CT molecular complexity index is 636. The maximum atomic E-state index is 11.7. The number of hydrazine groups is 1. The highest BCUT2D eigenvalue weighted by atomic mass is 16.3. The van der Waals surface area contributed by atoms with Crippen LogP contribution in [0.1, 0.15) is 33.7 Å². The zero-order chi connectivity index (χ0) is 14.7. The Morgan fingerprint density at radius 1 is 1.29 bits per heavy atom. The first kappa shape index (κ1) is 13.9. The van der Waals surface area contributed by atoms with Gasteiger partial charge in [-0.2, -0.15) is 0 Å². The van der Waals surface area contributed by atoms with Gasteiger partial charge in [0, 0.05) is 18.7 Å². The predicted octanol–water partition coefficient (Wildman–Crippen LogP) is 1.83. The van der Waals surface area contributed by atoms with Gasteiger partial charge in [-0.1, -0.05) is 24.3 Å². The lowest BCUT2D eigenvalue weighted by Crippen LogP contribution is -2.31. The molecule has 0 spiro atoms. The van der Waals surface area contributed by atoms with Crippen LogP contribution in [0.4, 0.5) is 0 Å². The maximum Gasteiger partial charge on any atom is 0.301 e. The van der Waals surface area contributed by atoms with Gasteiger partial charge in [0.15, 0.2) is 5.76 Å². The molecule has 0 aliphatic carbocycles. The number of hydrogen-bond acceptors (Lipinski definition) is 4. The molecule has 1 amide bonds. The summed E-state index contributed by atoms with van der Waals surface area (Å²) < 4.78 is 5.24. The molecule has 3 rings (SSSR count). The number of furan rings is 1. The minimum atomic E-state index is -0.384. The number of hydrogen-bond donors (Lipinski definition) is 2. The molecule has 21 heavy (non-hydrogen) atoms. The van der Waals surface area contributed by atoms with E-state index in [2.05, 4.69) is 34.6 Å². The fourth-order valence-electron chi connectivity index (χ4n) is 2.87. The lowest BCUT2D eigenvalue weighted by atomic mass is 10.0. The van der Waals surface area contributed by atoms with E-state index in [9.17, 15) is 4.79 Å². The number of fused-ring (bicyclic) bond motifs is 1. The molecule has 2 heterocycles. The molecule has 0 atom stereocenters. The molecule has 1 aliphatic rings. The van der Waals surface area contributed by atoms with E-state index in [0.29, 0.717) is 12.3 Å².